The Kier molecular flexibility index (Phi) is 7.85. The zero-order chi connectivity index (χ0) is 18.1. The highest BCUT2D eigenvalue weighted by atomic mass is 32.2. The van der Waals surface area contributed by atoms with Crippen molar-refractivity contribution in [1.29, 1.82) is 0 Å². The number of hydrogen-bond acceptors (Lipinski definition) is 4. The lowest BCUT2D eigenvalue weighted by Crippen LogP contribution is -2.47. The second kappa shape index (κ2) is 10.1. The Labute approximate surface area is 153 Å². The van der Waals surface area contributed by atoms with Crippen LogP contribution in [-0.4, -0.2) is 54.5 Å². The Morgan fingerprint density at radius 2 is 2.08 bits per heavy atom. The molecule has 0 aliphatic carbocycles. The molecule has 25 heavy (non-hydrogen) atoms. The van der Waals surface area contributed by atoms with Gasteiger partial charge in [-0.15, -0.1) is 18.3 Å². The Hall–Kier alpha value is -1.95. The lowest BCUT2D eigenvalue weighted by molar-refractivity contribution is -0.131. The smallest absolute Gasteiger partial charge is 0.230 e. The van der Waals surface area contributed by atoms with Crippen LogP contribution in [0.4, 0.5) is 0 Å². The summed E-state index contributed by atoms with van der Waals surface area (Å²) in [6.45, 7) is 5.00. The van der Waals surface area contributed by atoms with E-state index in [4.69, 9.17) is 4.74 Å². The van der Waals surface area contributed by atoms with Crippen molar-refractivity contribution in [1.82, 2.24) is 10.2 Å². The summed E-state index contributed by atoms with van der Waals surface area (Å²) in [5.41, 5.74) is 0.907. The van der Waals surface area contributed by atoms with E-state index in [1.807, 2.05) is 29.2 Å². The van der Waals surface area contributed by atoms with Crippen LogP contribution in [0.5, 0.6) is 5.75 Å². The molecule has 0 aromatic heterocycles. The van der Waals surface area contributed by atoms with Gasteiger partial charge in [0.05, 0.1) is 19.3 Å². The molecule has 0 radical (unpaired) electrons. The maximum Gasteiger partial charge on any atom is 0.230 e. The SMILES string of the molecule is C=CCSCC(=O)NC1CCN(C(=O)Cc2ccccc2OC)CC1. The fourth-order valence-corrected chi connectivity index (χ4v) is 3.45. The van der Waals surface area contributed by atoms with Gasteiger partial charge in [-0.2, -0.15) is 0 Å². The number of carbonyl (C=O) groups is 2. The van der Waals surface area contributed by atoms with Crippen molar-refractivity contribution >= 4 is 23.6 Å². The van der Waals surface area contributed by atoms with Gasteiger partial charge in [0.25, 0.3) is 0 Å². The summed E-state index contributed by atoms with van der Waals surface area (Å²) in [6.07, 6.45) is 3.74. The summed E-state index contributed by atoms with van der Waals surface area (Å²) in [5.74, 6) is 2.15. The van der Waals surface area contributed by atoms with Crippen molar-refractivity contribution in [2.24, 2.45) is 0 Å². The Morgan fingerprint density at radius 1 is 1.36 bits per heavy atom. The van der Waals surface area contributed by atoms with Crippen LogP contribution in [0.1, 0.15) is 18.4 Å². The Bertz CT molecular complexity index is 598. The third kappa shape index (κ3) is 6.12. The number of thioether (sulfide) groups is 1. The number of methoxy groups -OCH3 is 1. The van der Waals surface area contributed by atoms with Crippen LogP contribution in [0.2, 0.25) is 0 Å². The first-order chi connectivity index (χ1) is 12.1. The first kappa shape index (κ1) is 19.4. The average Bonchev–Trinajstić information content (AvgIpc) is 2.63. The van der Waals surface area contributed by atoms with Crippen LogP contribution in [0.3, 0.4) is 0 Å². The van der Waals surface area contributed by atoms with Gasteiger partial charge in [-0.3, -0.25) is 9.59 Å². The second-order valence-corrected chi connectivity index (χ2v) is 7.05. The van der Waals surface area contributed by atoms with E-state index in [1.165, 1.54) is 0 Å². The Morgan fingerprint density at radius 3 is 2.76 bits per heavy atom. The molecule has 0 spiro atoms. The van der Waals surface area contributed by atoms with Crippen molar-refractivity contribution in [3.63, 3.8) is 0 Å². The molecule has 1 fully saturated rings. The lowest BCUT2D eigenvalue weighted by Gasteiger charge is -2.32. The molecule has 1 aromatic carbocycles. The number of likely N-dealkylation sites (tertiary alicyclic amines) is 1. The topological polar surface area (TPSA) is 58.6 Å². The molecular weight excluding hydrogens is 336 g/mol. The molecule has 0 atom stereocenters. The number of para-hydroxylation sites is 1. The fraction of sp³-hybridized carbons (Fsp3) is 0.474. The van der Waals surface area contributed by atoms with Gasteiger partial charge in [-0.05, 0) is 18.9 Å². The van der Waals surface area contributed by atoms with E-state index in [0.717, 1.165) is 29.9 Å². The zero-order valence-electron chi connectivity index (χ0n) is 14.7. The summed E-state index contributed by atoms with van der Waals surface area (Å²) in [5, 5.41) is 3.05. The third-order valence-electron chi connectivity index (χ3n) is 4.22. The minimum atomic E-state index is 0.0608. The number of nitrogens with zero attached hydrogens (tertiary/aromatic N) is 1. The van der Waals surface area contributed by atoms with Gasteiger partial charge in [-0.1, -0.05) is 24.3 Å². The van der Waals surface area contributed by atoms with Crippen molar-refractivity contribution in [2.45, 2.75) is 25.3 Å². The predicted octanol–water partition coefficient (Wildman–Crippen LogP) is 2.26. The van der Waals surface area contributed by atoms with Crippen molar-refractivity contribution in [3.8, 4) is 5.75 Å². The first-order valence-corrected chi connectivity index (χ1v) is 9.67. The number of benzene rings is 1. The molecule has 1 aliphatic rings. The first-order valence-electron chi connectivity index (χ1n) is 8.51. The lowest BCUT2D eigenvalue weighted by atomic mass is 10.0. The van der Waals surface area contributed by atoms with Crippen LogP contribution in [0.25, 0.3) is 0 Å². The molecule has 1 N–H and O–H groups in total. The summed E-state index contributed by atoms with van der Waals surface area (Å²) in [4.78, 5) is 26.2. The molecule has 6 heteroatoms. The highest BCUT2D eigenvalue weighted by Crippen LogP contribution is 2.20. The molecule has 1 heterocycles. The van der Waals surface area contributed by atoms with Crippen LogP contribution in [0.15, 0.2) is 36.9 Å². The maximum absolute atomic E-state index is 12.5. The number of carbonyl (C=O) groups excluding carboxylic acids is 2. The number of nitrogens with one attached hydrogen (secondary N) is 1. The highest BCUT2D eigenvalue weighted by molar-refractivity contribution is 8.00. The van der Waals surface area contributed by atoms with Crippen LogP contribution < -0.4 is 10.1 Å². The van der Waals surface area contributed by atoms with Gasteiger partial charge >= 0.3 is 0 Å². The molecule has 1 aromatic rings. The summed E-state index contributed by atoms with van der Waals surface area (Å²) < 4.78 is 5.31. The van der Waals surface area contributed by atoms with E-state index >= 15 is 0 Å². The van der Waals surface area contributed by atoms with Crippen LogP contribution in [-0.2, 0) is 16.0 Å². The monoisotopic (exact) mass is 362 g/mol. The number of hydrogen-bond donors (Lipinski definition) is 1. The van der Waals surface area contributed by atoms with Gasteiger partial charge in [0.1, 0.15) is 5.75 Å². The summed E-state index contributed by atoms with van der Waals surface area (Å²) in [7, 11) is 1.62. The minimum absolute atomic E-state index is 0.0608. The molecule has 2 amide bonds. The fourth-order valence-electron chi connectivity index (χ4n) is 2.90. The van der Waals surface area contributed by atoms with Gasteiger partial charge in [-0.25, -0.2) is 0 Å². The standard InChI is InChI=1S/C19H26N2O3S/c1-3-12-25-14-18(22)20-16-8-10-21(11-9-16)19(23)13-15-6-4-5-7-17(15)24-2/h3-7,16H,1,8-14H2,2H3,(H,20,22). The molecule has 2 rings (SSSR count). The average molecular weight is 362 g/mol. The largest absolute Gasteiger partial charge is 0.496 e. The molecule has 0 saturated carbocycles. The van der Waals surface area contributed by atoms with Crippen molar-refractivity contribution in [2.75, 3.05) is 31.7 Å². The highest BCUT2D eigenvalue weighted by Gasteiger charge is 2.24. The van der Waals surface area contributed by atoms with Crippen LogP contribution in [0, 0.1) is 0 Å². The molecule has 0 unspecified atom stereocenters. The normalized spacial score (nSPS) is 14.8. The van der Waals surface area contributed by atoms with Crippen molar-refractivity contribution < 1.29 is 14.3 Å². The summed E-state index contributed by atoms with van der Waals surface area (Å²) in [6, 6.07) is 7.76. The van der Waals surface area contributed by atoms with Crippen molar-refractivity contribution in [3.05, 3.63) is 42.5 Å². The van der Waals surface area contributed by atoms with E-state index in [2.05, 4.69) is 11.9 Å². The van der Waals surface area contributed by atoms with E-state index in [0.29, 0.717) is 25.3 Å². The number of rotatable bonds is 8. The van der Waals surface area contributed by atoms with E-state index in [9.17, 15) is 9.59 Å². The van der Waals surface area contributed by atoms with Gasteiger partial charge in [0.2, 0.25) is 11.8 Å². The number of piperidine rings is 1. The molecule has 1 saturated heterocycles. The molecule has 0 bridgehead atoms. The predicted molar refractivity (Wildman–Crippen MR) is 102 cm³/mol. The van der Waals surface area contributed by atoms with E-state index in [-0.39, 0.29) is 17.9 Å². The van der Waals surface area contributed by atoms with E-state index in [1.54, 1.807) is 24.9 Å². The minimum Gasteiger partial charge on any atom is -0.496 e. The summed E-state index contributed by atoms with van der Waals surface area (Å²) >= 11 is 1.55. The van der Waals surface area contributed by atoms with Gasteiger partial charge in [0.15, 0.2) is 0 Å². The molecule has 1 aliphatic heterocycles. The molecular formula is C19H26N2O3S. The number of amides is 2. The Balaban J connectivity index is 1.76. The van der Waals surface area contributed by atoms with Crippen LogP contribution >= 0.6 is 11.8 Å². The molecule has 136 valence electrons. The number of ether oxygens (including phenoxy) is 1. The maximum atomic E-state index is 12.5. The third-order valence-corrected chi connectivity index (χ3v) is 5.15. The molecule has 5 nitrogen and oxygen atoms in total. The van der Waals surface area contributed by atoms with E-state index < -0.39 is 0 Å². The zero-order valence-corrected chi connectivity index (χ0v) is 15.5. The second-order valence-electron chi connectivity index (χ2n) is 6.02. The quantitative estimate of drug-likeness (QED) is 0.569. The van der Waals surface area contributed by atoms with Gasteiger partial charge in [0, 0.05) is 30.4 Å². The van der Waals surface area contributed by atoms with Gasteiger partial charge < -0.3 is 15.0 Å².